The fourth-order valence-corrected chi connectivity index (χ4v) is 1.83. The third kappa shape index (κ3) is 2.05. The molecule has 0 unspecified atom stereocenters. The summed E-state index contributed by atoms with van der Waals surface area (Å²) in [7, 11) is 1.33. The Labute approximate surface area is 104 Å². The highest BCUT2D eigenvalue weighted by Gasteiger charge is 2.17. The molecule has 1 aromatic heterocycles. The lowest BCUT2D eigenvalue weighted by Gasteiger charge is -2.08. The molecule has 0 fully saturated rings. The molecule has 4 nitrogen and oxygen atoms in total. The first kappa shape index (κ1) is 12.1. The van der Waals surface area contributed by atoms with Crippen LogP contribution in [0, 0.1) is 6.92 Å². The van der Waals surface area contributed by atoms with Crippen molar-refractivity contribution < 1.29 is 18.7 Å². The summed E-state index contributed by atoms with van der Waals surface area (Å²) in [6, 6.07) is 8.53. The Morgan fingerprint density at radius 2 is 2.06 bits per heavy atom. The number of esters is 1. The minimum Gasteiger partial charge on any atom is -0.465 e. The van der Waals surface area contributed by atoms with Gasteiger partial charge in [0.2, 0.25) is 0 Å². The van der Waals surface area contributed by atoms with Gasteiger partial charge in [0.05, 0.1) is 12.7 Å². The van der Waals surface area contributed by atoms with Crippen molar-refractivity contribution in [2.45, 2.75) is 6.92 Å². The van der Waals surface area contributed by atoms with Crippen LogP contribution in [-0.4, -0.2) is 19.4 Å². The molecule has 0 amide bonds. The van der Waals surface area contributed by atoms with Crippen molar-refractivity contribution in [2.75, 3.05) is 7.11 Å². The molecule has 18 heavy (non-hydrogen) atoms. The number of furan rings is 1. The monoisotopic (exact) mass is 244 g/mol. The summed E-state index contributed by atoms with van der Waals surface area (Å²) >= 11 is 0. The van der Waals surface area contributed by atoms with Crippen LogP contribution in [0.4, 0.5) is 0 Å². The fourth-order valence-electron chi connectivity index (χ4n) is 1.83. The Bertz CT molecular complexity index is 596. The Hall–Kier alpha value is -2.36. The van der Waals surface area contributed by atoms with E-state index in [-0.39, 0.29) is 5.76 Å². The number of hydrogen-bond donors (Lipinski definition) is 0. The van der Waals surface area contributed by atoms with Gasteiger partial charge in [0.15, 0.2) is 12.0 Å². The Morgan fingerprint density at radius 1 is 1.28 bits per heavy atom. The Kier molecular flexibility index (Phi) is 3.28. The second-order valence-electron chi connectivity index (χ2n) is 3.81. The minimum atomic E-state index is -0.433. The number of carbonyl (C=O) groups excluding carboxylic acids is 2. The van der Waals surface area contributed by atoms with Crippen LogP contribution in [0.2, 0.25) is 0 Å². The third-order valence-electron chi connectivity index (χ3n) is 2.67. The quantitative estimate of drug-likeness (QED) is 0.615. The predicted octanol–water partition coefficient (Wildman–Crippen LogP) is 2.85. The second kappa shape index (κ2) is 4.87. The molecule has 0 saturated carbocycles. The fraction of sp³-hybridized carbons (Fsp3) is 0.143. The summed E-state index contributed by atoms with van der Waals surface area (Å²) in [5.41, 5.74) is 1.95. The summed E-state index contributed by atoms with van der Waals surface area (Å²) in [4.78, 5) is 22.3. The highest BCUT2D eigenvalue weighted by Crippen LogP contribution is 2.29. The van der Waals surface area contributed by atoms with Gasteiger partial charge >= 0.3 is 5.97 Å². The Morgan fingerprint density at radius 3 is 2.67 bits per heavy atom. The van der Waals surface area contributed by atoms with Crippen molar-refractivity contribution in [1.29, 1.82) is 0 Å². The molecule has 0 bridgehead atoms. The topological polar surface area (TPSA) is 56.5 Å². The molecule has 92 valence electrons. The summed E-state index contributed by atoms with van der Waals surface area (Å²) < 4.78 is 10.1. The van der Waals surface area contributed by atoms with Gasteiger partial charge in [0, 0.05) is 5.56 Å². The molecule has 0 aliphatic carbocycles. The zero-order valence-corrected chi connectivity index (χ0v) is 10.1. The lowest BCUT2D eigenvalue weighted by atomic mass is 10.00. The van der Waals surface area contributed by atoms with Gasteiger partial charge in [-0.05, 0) is 30.7 Å². The standard InChI is InChI=1S/C14H12O4/c1-9-4-3-5-11(14(16)17-2)13(9)12-7-6-10(8-15)18-12/h3-8H,1-2H3. The molecule has 2 rings (SSSR count). The van der Waals surface area contributed by atoms with Crippen LogP contribution in [0.1, 0.15) is 26.5 Å². The lowest BCUT2D eigenvalue weighted by molar-refractivity contribution is 0.0601. The van der Waals surface area contributed by atoms with Crippen LogP contribution >= 0.6 is 0 Å². The maximum absolute atomic E-state index is 11.7. The first-order valence-electron chi connectivity index (χ1n) is 5.40. The van der Waals surface area contributed by atoms with Crippen molar-refractivity contribution in [2.24, 2.45) is 0 Å². The highest BCUT2D eigenvalue weighted by atomic mass is 16.5. The van der Waals surface area contributed by atoms with Crippen LogP contribution in [0.25, 0.3) is 11.3 Å². The van der Waals surface area contributed by atoms with E-state index in [9.17, 15) is 9.59 Å². The van der Waals surface area contributed by atoms with E-state index in [0.717, 1.165) is 5.56 Å². The van der Waals surface area contributed by atoms with Crippen LogP contribution in [0.5, 0.6) is 0 Å². The first-order valence-corrected chi connectivity index (χ1v) is 5.40. The van der Waals surface area contributed by atoms with Gasteiger partial charge in [-0.1, -0.05) is 12.1 Å². The van der Waals surface area contributed by atoms with E-state index in [2.05, 4.69) is 0 Å². The van der Waals surface area contributed by atoms with Crippen molar-refractivity contribution in [3.8, 4) is 11.3 Å². The summed E-state index contributed by atoms with van der Waals surface area (Å²) in [6.07, 6.45) is 0.625. The zero-order valence-electron chi connectivity index (χ0n) is 10.1. The normalized spacial score (nSPS) is 10.1. The molecule has 1 heterocycles. The van der Waals surface area contributed by atoms with Gasteiger partial charge in [0.1, 0.15) is 5.76 Å². The van der Waals surface area contributed by atoms with Crippen molar-refractivity contribution in [3.05, 3.63) is 47.2 Å². The highest BCUT2D eigenvalue weighted by molar-refractivity contribution is 5.97. The SMILES string of the molecule is COC(=O)c1cccc(C)c1-c1ccc(C=O)o1. The average Bonchev–Trinajstić information content (AvgIpc) is 2.86. The summed E-state index contributed by atoms with van der Waals surface area (Å²) in [5.74, 6) is 0.275. The van der Waals surface area contributed by atoms with E-state index < -0.39 is 5.97 Å². The van der Waals surface area contributed by atoms with E-state index in [4.69, 9.17) is 9.15 Å². The van der Waals surface area contributed by atoms with Gasteiger partial charge in [-0.15, -0.1) is 0 Å². The number of rotatable bonds is 3. The summed E-state index contributed by atoms with van der Waals surface area (Å²) in [5, 5.41) is 0. The maximum Gasteiger partial charge on any atom is 0.338 e. The molecule has 0 atom stereocenters. The molecule has 4 heteroatoms. The molecule has 0 aliphatic heterocycles. The molecular formula is C14H12O4. The number of benzene rings is 1. The van der Waals surface area contributed by atoms with E-state index >= 15 is 0 Å². The second-order valence-corrected chi connectivity index (χ2v) is 3.81. The van der Waals surface area contributed by atoms with Crippen molar-refractivity contribution >= 4 is 12.3 Å². The molecule has 0 radical (unpaired) electrons. The number of carbonyl (C=O) groups is 2. The van der Waals surface area contributed by atoms with Crippen molar-refractivity contribution in [1.82, 2.24) is 0 Å². The van der Waals surface area contributed by atoms with E-state index in [1.54, 1.807) is 24.3 Å². The maximum atomic E-state index is 11.7. The molecule has 0 aliphatic rings. The van der Waals surface area contributed by atoms with Gasteiger partial charge in [-0.2, -0.15) is 0 Å². The third-order valence-corrected chi connectivity index (χ3v) is 2.67. The first-order chi connectivity index (χ1) is 8.67. The predicted molar refractivity (Wildman–Crippen MR) is 65.6 cm³/mol. The van der Waals surface area contributed by atoms with Crippen LogP contribution in [-0.2, 0) is 4.74 Å². The zero-order chi connectivity index (χ0) is 13.1. The van der Waals surface area contributed by atoms with Gasteiger partial charge in [-0.3, -0.25) is 4.79 Å². The molecule has 0 saturated heterocycles. The van der Waals surface area contributed by atoms with E-state index in [1.807, 2.05) is 13.0 Å². The van der Waals surface area contributed by atoms with Crippen LogP contribution in [0.15, 0.2) is 34.7 Å². The van der Waals surface area contributed by atoms with E-state index in [1.165, 1.54) is 7.11 Å². The largest absolute Gasteiger partial charge is 0.465 e. The molecule has 1 aromatic carbocycles. The van der Waals surface area contributed by atoms with Gasteiger partial charge < -0.3 is 9.15 Å². The average molecular weight is 244 g/mol. The number of aryl methyl sites for hydroxylation is 1. The smallest absolute Gasteiger partial charge is 0.338 e. The summed E-state index contributed by atoms with van der Waals surface area (Å²) in [6.45, 7) is 1.87. The van der Waals surface area contributed by atoms with Gasteiger partial charge in [0.25, 0.3) is 0 Å². The molecule has 0 N–H and O–H groups in total. The van der Waals surface area contributed by atoms with E-state index in [0.29, 0.717) is 23.2 Å². The number of methoxy groups -OCH3 is 1. The number of ether oxygens (including phenoxy) is 1. The molecular weight excluding hydrogens is 232 g/mol. The Balaban J connectivity index is 2.61. The molecule has 0 spiro atoms. The molecule has 2 aromatic rings. The van der Waals surface area contributed by atoms with Gasteiger partial charge in [-0.25, -0.2) is 4.79 Å². The van der Waals surface area contributed by atoms with Crippen molar-refractivity contribution in [3.63, 3.8) is 0 Å². The number of aldehydes is 1. The van der Waals surface area contributed by atoms with Crippen LogP contribution in [0.3, 0.4) is 0 Å². The number of hydrogen-bond acceptors (Lipinski definition) is 4. The van der Waals surface area contributed by atoms with Crippen LogP contribution < -0.4 is 0 Å². The lowest BCUT2D eigenvalue weighted by Crippen LogP contribution is -2.04. The minimum absolute atomic E-state index is 0.226.